The first kappa shape index (κ1) is 17.9. The van der Waals surface area contributed by atoms with Crippen LogP contribution >= 0.6 is 11.8 Å². The summed E-state index contributed by atoms with van der Waals surface area (Å²) < 4.78 is 31.6. The van der Waals surface area contributed by atoms with Crippen LogP contribution in [0.4, 0.5) is 5.69 Å². The van der Waals surface area contributed by atoms with Gasteiger partial charge >= 0.3 is 10.4 Å². The largest absolute Gasteiger partial charge is 0.394 e. The van der Waals surface area contributed by atoms with E-state index in [9.17, 15) is 4.79 Å². The van der Waals surface area contributed by atoms with Crippen molar-refractivity contribution < 1.29 is 22.3 Å². The van der Waals surface area contributed by atoms with E-state index in [4.69, 9.17) is 17.5 Å². The number of nitrogens with one attached hydrogen (secondary N) is 2. The van der Waals surface area contributed by atoms with Crippen molar-refractivity contribution in [3.05, 3.63) is 24.3 Å². The van der Waals surface area contributed by atoms with Crippen LogP contribution in [0.15, 0.2) is 29.2 Å². The molecule has 0 radical (unpaired) electrons. The Hall–Kier alpha value is -1.13. The Bertz CT molecular complexity index is 569. The molecule has 4 N–H and O–H groups in total. The van der Waals surface area contributed by atoms with Gasteiger partial charge in [-0.15, -0.1) is 0 Å². The predicted molar refractivity (Wildman–Crippen MR) is 81.8 cm³/mol. The lowest BCUT2D eigenvalue weighted by Crippen LogP contribution is -2.40. The van der Waals surface area contributed by atoms with E-state index in [-0.39, 0.29) is 11.3 Å². The third-order valence-electron chi connectivity index (χ3n) is 2.49. The molecule has 118 valence electrons. The number of unbranched alkanes of at least 4 members (excludes halogenated alkanes) is 1. The Morgan fingerprint density at radius 1 is 1.33 bits per heavy atom. The fraction of sp³-hybridized carbons (Fsp3) is 0.417. The molecule has 1 aromatic carbocycles. The molecule has 7 nitrogen and oxygen atoms in total. The molecule has 0 bridgehead atoms. The summed E-state index contributed by atoms with van der Waals surface area (Å²) in [5.41, 5.74) is 0.922. The van der Waals surface area contributed by atoms with E-state index in [0.717, 1.165) is 30.0 Å². The molecule has 0 aromatic heterocycles. The molecule has 1 atom stereocenters. The summed E-state index contributed by atoms with van der Waals surface area (Å²) in [5, 5.41) is 6.03. The van der Waals surface area contributed by atoms with E-state index in [2.05, 4.69) is 17.6 Å². The molecule has 9 heteroatoms. The zero-order valence-electron chi connectivity index (χ0n) is 11.4. The maximum atomic E-state index is 11.8. The molecule has 1 heterocycles. The molecule has 0 fully saturated rings. The number of hydrogen-bond acceptors (Lipinski definition) is 5. The van der Waals surface area contributed by atoms with E-state index < -0.39 is 10.4 Å². The summed E-state index contributed by atoms with van der Waals surface area (Å²) in [5.74, 6) is 0.0554. The van der Waals surface area contributed by atoms with Crippen LogP contribution in [0.2, 0.25) is 0 Å². The van der Waals surface area contributed by atoms with Crippen molar-refractivity contribution in [1.82, 2.24) is 5.32 Å². The van der Waals surface area contributed by atoms with Gasteiger partial charge in [-0.25, -0.2) is 0 Å². The average molecular weight is 334 g/mol. The van der Waals surface area contributed by atoms with Crippen molar-refractivity contribution >= 4 is 33.8 Å². The molecule has 1 aliphatic heterocycles. The highest BCUT2D eigenvalue weighted by Gasteiger charge is 2.25. The Balaban J connectivity index is 0.000000383. The first-order chi connectivity index (χ1) is 9.81. The number of carbonyl (C=O) groups is 1. The van der Waals surface area contributed by atoms with Gasteiger partial charge in [0.05, 0.1) is 5.69 Å². The number of anilines is 1. The number of benzene rings is 1. The van der Waals surface area contributed by atoms with Crippen LogP contribution in [-0.2, 0) is 15.2 Å². The molecular weight excluding hydrogens is 316 g/mol. The monoisotopic (exact) mass is 334 g/mol. The molecule has 0 aliphatic carbocycles. The van der Waals surface area contributed by atoms with Gasteiger partial charge in [0.25, 0.3) is 5.91 Å². The number of hydrogen-bond donors (Lipinski definition) is 4. The topological polar surface area (TPSA) is 116 Å². The number of amides is 1. The maximum Gasteiger partial charge on any atom is 0.394 e. The molecule has 0 saturated carbocycles. The molecule has 1 unspecified atom stereocenters. The second-order valence-corrected chi connectivity index (χ2v) is 6.28. The summed E-state index contributed by atoms with van der Waals surface area (Å²) in [6.45, 7) is 3.04. The lowest BCUT2D eigenvalue weighted by Gasteiger charge is -2.24. The fourth-order valence-electron chi connectivity index (χ4n) is 1.60. The Kier molecular flexibility index (Phi) is 7.12. The van der Waals surface area contributed by atoms with Gasteiger partial charge in [-0.05, 0) is 25.1 Å². The smallest absolute Gasteiger partial charge is 0.323 e. The standard InChI is InChI=1S/C12H16N2OS.H2O4S/c1-2-3-8-13-12-11(15)14-9-6-4-5-7-10(9)16-12;1-5(2,3)4/h4-7,12-13H,2-3,8H2,1H3,(H,14,15);(H2,1,2,3,4). The van der Waals surface area contributed by atoms with Gasteiger partial charge in [-0.3, -0.25) is 19.2 Å². The minimum atomic E-state index is -4.67. The number of fused-ring (bicyclic) bond motifs is 1. The third-order valence-corrected chi connectivity index (χ3v) is 3.71. The summed E-state index contributed by atoms with van der Waals surface area (Å²) in [6.07, 6.45) is 2.24. The third kappa shape index (κ3) is 7.44. The van der Waals surface area contributed by atoms with E-state index in [1.54, 1.807) is 11.8 Å². The highest BCUT2D eigenvalue weighted by atomic mass is 32.3. The van der Waals surface area contributed by atoms with Crippen molar-refractivity contribution in [1.29, 1.82) is 0 Å². The molecule has 0 spiro atoms. The molecule has 1 aliphatic rings. The van der Waals surface area contributed by atoms with Crippen molar-refractivity contribution in [3.8, 4) is 0 Å². The van der Waals surface area contributed by atoms with Crippen LogP contribution in [0.25, 0.3) is 0 Å². The van der Waals surface area contributed by atoms with Gasteiger partial charge in [-0.1, -0.05) is 37.2 Å². The van der Waals surface area contributed by atoms with Crippen LogP contribution < -0.4 is 10.6 Å². The van der Waals surface area contributed by atoms with Crippen molar-refractivity contribution in [2.75, 3.05) is 11.9 Å². The number of para-hydroxylation sites is 1. The quantitative estimate of drug-likeness (QED) is 0.490. The Morgan fingerprint density at radius 3 is 2.57 bits per heavy atom. The molecular formula is C12H18N2O5S2. The Morgan fingerprint density at radius 2 is 1.95 bits per heavy atom. The van der Waals surface area contributed by atoms with Crippen molar-refractivity contribution in [3.63, 3.8) is 0 Å². The van der Waals surface area contributed by atoms with E-state index in [1.807, 2.05) is 24.3 Å². The lowest BCUT2D eigenvalue weighted by atomic mass is 10.3. The van der Waals surface area contributed by atoms with Crippen LogP contribution in [0.5, 0.6) is 0 Å². The van der Waals surface area contributed by atoms with Crippen molar-refractivity contribution in [2.45, 2.75) is 30.0 Å². The zero-order valence-corrected chi connectivity index (χ0v) is 13.1. The number of thioether (sulfide) groups is 1. The van der Waals surface area contributed by atoms with Gasteiger partial charge < -0.3 is 5.32 Å². The molecule has 0 saturated heterocycles. The number of rotatable bonds is 4. The van der Waals surface area contributed by atoms with Gasteiger partial charge in [-0.2, -0.15) is 8.42 Å². The van der Waals surface area contributed by atoms with Crippen LogP contribution in [-0.4, -0.2) is 35.3 Å². The Labute approximate surface area is 128 Å². The van der Waals surface area contributed by atoms with Crippen molar-refractivity contribution in [2.24, 2.45) is 0 Å². The lowest BCUT2D eigenvalue weighted by molar-refractivity contribution is -0.116. The average Bonchev–Trinajstić information content (AvgIpc) is 2.37. The van der Waals surface area contributed by atoms with E-state index >= 15 is 0 Å². The fourth-order valence-corrected chi connectivity index (χ4v) is 2.62. The number of carbonyl (C=O) groups excluding carboxylic acids is 1. The van der Waals surface area contributed by atoms with Gasteiger partial charge in [0.15, 0.2) is 0 Å². The first-order valence-electron chi connectivity index (χ1n) is 6.31. The molecule has 1 aromatic rings. The van der Waals surface area contributed by atoms with Crippen LogP contribution in [0.1, 0.15) is 19.8 Å². The van der Waals surface area contributed by atoms with E-state index in [1.165, 1.54) is 0 Å². The minimum absolute atomic E-state index is 0.0554. The summed E-state index contributed by atoms with van der Waals surface area (Å²) in [7, 11) is -4.67. The minimum Gasteiger partial charge on any atom is -0.323 e. The highest BCUT2D eigenvalue weighted by Crippen LogP contribution is 2.34. The normalized spacial score (nSPS) is 17.3. The first-order valence-corrected chi connectivity index (χ1v) is 8.58. The summed E-state index contributed by atoms with van der Waals surface area (Å²) in [6, 6.07) is 7.90. The van der Waals surface area contributed by atoms with Gasteiger partial charge in [0, 0.05) is 4.90 Å². The SMILES string of the molecule is CCCCNC1Sc2ccccc2NC1=O.O=S(=O)(O)O. The van der Waals surface area contributed by atoms with Gasteiger partial charge in [0.1, 0.15) is 5.37 Å². The molecule has 2 rings (SSSR count). The maximum absolute atomic E-state index is 11.8. The molecule has 1 amide bonds. The summed E-state index contributed by atoms with van der Waals surface area (Å²) in [4.78, 5) is 12.9. The van der Waals surface area contributed by atoms with E-state index in [0.29, 0.717) is 0 Å². The highest BCUT2D eigenvalue weighted by molar-refractivity contribution is 8.00. The summed E-state index contributed by atoms with van der Waals surface area (Å²) >= 11 is 1.59. The predicted octanol–water partition coefficient (Wildman–Crippen LogP) is 1.79. The van der Waals surface area contributed by atoms with Crippen LogP contribution in [0, 0.1) is 0 Å². The molecule has 21 heavy (non-hydrogen) atoms. The zero-order chi connectivity index (χ0) is 15.9. The second-order valence-electron chi connectivity index (χ2n) is 4.24. The van der Waals surface area contributed by atoms with Crippen LogP contribution in [0.3, 0.4) is 0 Å². The van der Waals surface area contributed by atoms with Gasteiger partial charge in [0.2, 0.25) is 0 Å². The second kappa shape index (κ2) is 8.35.